The average molecular weight is 218 g/mol. The normalized spacial score (nSPS) is 11.8. The number of esters is 1. The molecule has 1 unspecified atom stereocenters. The molecule has 0 amide bonds. The van der Waals surface area contributed by atoms with Gasteiger partial charge in [-0.3, -0.25) is 4.79 Å². The molecule has 0 saturated heterocycles. The lowest BCUT2D eigenvalue weighted by atomic mass is 10.1. The topological polar surface area (TPSA) is 26.3 Å². The maximum atomic E-state index is 11.6. The molecule has 0 aromatic heterocycles. The van der Waals surface area contributed by atoms with Crippen LogP contribution in [0.15, 0.2) is 43.0 Å². The first-order chi connectivity index (χ1) is 7.74. The van der Waals surface area contributed by atoms with Gasteiger partial charge in [0, 0.05) is 0 Å². The number of carbonyl (C=O) groups is 1. The third-order valence-electron chi connectivity index (χ3n) is 2.43. The minimum Gasteiger partial charge on any atom is -0.461 e. The molecule has 1 rings (SSSR count). The van der Waals surface area contributed by atoms with Gasteiger partial charge in [-0.2, -0.15) is 0 Å². The predicted octanol–water partition coefficient (Wildman–Crippen LogP) is 3.33. The summed E-state index contributed by atoms with van der Waals surface area (Å²) >= 11 is 0. The van der Waals surface area contributed by atoms with Crippen LogP contribution in [0.2, 0.25) is 0 Å². The molecule has 0 aliphatic carbocycles. The zero-order valence-corrected chi connectivity index (χ0v) is 9.69. The summed E-state index contributed by atoms with van der Waals surface area (Å²) in [6, 6.07) is 9.70. The molecular weight excluding hydrogens is 200 g/mol. The smallest absolute Gasteiger partial charge is 0.308 e. The summed E-state index contributed by atoms with van der Waals surface area (Å²) in [5.41, 5.74) is 1.02. The molecule has 0 N–H and O–H groups in total. The number of rotatable bonds is 6. The Hall–Kier alpha value is -1.57. The fourth-order valence-corrected chi connectivity index (χ4v) is 1.36. The first-order valence-electron chi connectivity index (χ1n) is 5.55. The maximum Gasteiger partial charge on any atom is 0.308 e. The van der Waals surface area contributed by atoms with Crippen molar-refractivity contribution in [2.45, 2.75) is 26.4 Å². The van der Waals surface area contributed by atoms with Crippen LogP contribution < -0.4 is 0 Å². The van der Waals surface area contributed by atoms with E-state index >= 15 is 0 Å². The second kappa shape index (κ2) is 6.83. The van der Waals surface area contributed by atoms with E-state index in [1.165, 1.54) is 0 Å². The van der Waals surface area contributed by atoms with Crippen LogP contribution in [-0.2, 0) is 16.1 Å². The number of allylic oxidation sites excluding steroid dienone is 1. The van der Waals surface area contributed by atoms with Crippen LogP contribution in [0.4, 0.5) is 0 Å². The monoisotopic (exact) mass is 218 g/mol. The highest BCUT2D eigenvalue weighted by atomic mass is 16.5. The van der Waals surface area contributed by atoms with E-state index < -0.39 is 0 Å². The highest BCUT2D eigenvalue weighted by Crippen LogP contribution is 2.10. The van der Waals surface area contributed by atoms with Gasteiger partial charge in [0.1, 0.15) is 6.61 Å². The molecule has 0 heterocycles. The van der Waals surface area contributed by atoms with Crippen LogP contribution in [0.1, 0.15) is 25.3 Å². The molecule has 1 atom stereocenters. The first-order valence-corrected chi connectivity index (χ1v) is 5.55. The maximum absolute atomic E-state index is 11.6. The summed E-state index contributed by atoms with van der Waals surface area (Å²) < 4.78 is 5.21. The Morgan fingerprint density at radius 2 is 2.12 bits per heavy atom. The number of hydrogen-bond donors (Lipinski definition) is 0. The molecule has 0 aliphatic heterocycles. The van der Waals surface area contributed by atoms with E-state index in [1.54, 1.807) is 0 Å². The third kappa shape index (κ3) is 4.30. The molecular formula is C14H18O2. The molecule has 2 nitrogen and oxygen atoms in total. The number of ether oxygens (including phenoxy) is 1. The molecule has 1 aromatic rings. The Labute approximate surface area is 96.9 Å². The van der Waals surface area contributed by atoms with Crippen molar-refractivity contribution in [3.05, 3.63) is 48.6 Å². The molecule has 86 valence electrons. The molecule has 0 radical (unpaired) electrons. The zero-order valence-electron chi connectivity index (χ0n) is 9.69. The standard InChI is InChI=1S/C14H18O2/c1-3-4-8-12(2)14(15)16-11-13-9-6-5-7-10-13/h3,5-7,9-10,12H,1,4,8,11H2,2H3. The van der Waals surface area contributed by atoms with Crippen molar-refractivity contribution in [3.63, 3.8) is 0 Å². The van der Waals surface area contributed by atoms with Gasteiger partial charge in [0.25, 0.3) is 0 Å². The molecule has 1 aromatic carbocycles. The van der Waals surface area contributed by atoms with Crippen molar-refractivity contribution >= 4 is 5.97 Å². The zero-order chi connectivity index (χ0) is 11.8. The Morgan fingerprint density at radius 1 is 1.44 bits per heavy atom. The second-order valence-corrected chi connectivity index (χ2v) is 3.86. The number of hydrogen-bond acceptors (Lipinski definition) is 2. The summed E-state index contributed by atoms with van der Waals surface area (Å²) in [4.78, 5) is 11.6. The minimum atomic E-state index is -0.134. The summed E-state index contributed by atoms with van der Waals surface area (Å²) in [7, 11) is 0. The van der Waals surface area contributed by atoms with Crippen LogP contribution in [-0.4, -0.2) is 5.97 Å². The molecule has 0 saturated carbocycles. The van der Waals surface area contributed by atoms with Crippen LogP contribution >= 0.6 is 0 Å². The fourth-order valence-electron chi connectivity index (χ4n) is 1.36. The van der Waals surface area contributed by atoms with E-state index in [2.05, 4.69) is 6.58 Å². The van der Waals surface area contributed by atoms with Gasteiger partial charge < -0.3 is 4.74 Å². The highest BCUT2D eigenvalue weighted by Gasteiger charge is 2.13. The first kappa shape index (κ1) is 12.5. The molecule has 0 spiro atoms. The molecule has 0 fully saturated rings. The lowest BCUT2D eigenvalue weighted by Crippen LogP contribution is -2.14. The Morgan fingerprint density at radius 3 is 2.75 bits per heavy atom. The lowest BCUT2D eigenvalue weighted by Gasteiger charge is -2.10. The van der Waals surface area contributed by atoms with E-state index in [0.29, 0.717) is 6.61 Å². The van der Waals surface area contributed by atoms with Gasteiger partial charge in [0.15, 0.2) is 0 Å². The van der Waals surface area contributed by atoms with Gasteiger partial charge in [0.2, 0.25) is 0 Å². The fraction of sp³-hybridized carbons (Fsp3) is 0.357. The number of carbonyl (C=O) groups excluding carboxylic acids is 1. The molecule has 2 heteroatoms. The van der Waals surface area contributed by atoms with E-state index in [1.807, 2.05) is 43.3 Å². The van der Waals surface area contributed by atoms with E-state index in [-0.39, 0.29) is 11.9 Å². The van der Waals surface area contributed by atoms with Gasteiger partial charge in [-0.15, -0.1) is 6.58 Å². The Bertz CT molecular complexity index is 330. The SMILES string of the molecule is C=CCCC(C)C(=O)OCc1ccccc1. The van der Waals surface area contributed by atoms with Gasteiger partial charge in [-0.05, 0) is 18.4 Å². The van der Waals surface area contributed by atoms with Crippen LogP contribution in [0, 0.1) is 5.92 Å². The van der Waals surface area contributed by atoms with Gasteiger partial charge in [0.05, 0.1) is 5.92 Å². The average Bonchev–Trinajstić information content (AvgIpc) is 2.34. The Kier molecular flexibility index (Phi) is 5.34. The van der Waals surface area contributed by atoms with E-state index in [4.69, 9.17) is 4.74 Å². The second-order valence-electron chi connectivity index (χ2n) is 3.86. The van der Waals surface area contributed by atoms with Crippen molar-refractivity contribution in [3.8, 4) is 0 Å². The van der Waals surface area contributed by atoms with Gasteiger partial charge in [-0.1, -0.05) is 43.3 Å². The van der Waals surface area contributed by atoms with Crippen molar-refractivity contribution in [1.29, 1.82) is 0 Å². The van der Waals surface area contributed by atoms with Crippen LogP contribution in [0.25, 0.3) is 0 Å². The van der Waals surface area contributed by atoms with Crippen LogP contribution in [0.3, 0.4) is 0 Å². The molecule has 16 heavy (non-hydrogen) atoms. The quantitative estimate of drug-likeness (QED) is 0.540. The van der Waals surface area contributed by atoms with Crippen molar-refractivity contribution < 1.29 is 9.53 Å². The van der Waals surface area contributed by atoms with E-state index in [9.17, 15) is 4.79 Å². The molecule has 0 aliphatic rings. The van der Waals surface area contributed by atoms with Gasteiger partial charge >= 0.3 is 5.97 Å². The van der Waals surface area contributed by atoms with Crippen molar-refractivity contribution in [2.75, 3.05) is 0 Å². The summed E-state index contributed by atoms with van der Waals surface area (Å²) in [5, 5.41) is 0. The minimum absolute atomic E-state index is 0.0540. The Balaban J connectivity index is 2.32. The predicted molar refractivity (Wildman–Crippen MR) is 64.8 cm³/mol. The largest absolute Gasteiger partial charge is 0.461 e. The van der Waals surface area contributed by atoms with Crippen molar-refractivity contribution in [2.24, 2.45) is 5.92 Å². The molecule has 0 bridgehead atoms. The number of benzene rings is 1. The lowest BCUT2D eigenvalue weighted by molar-refractivity contribution is -0.149. The van der Waals surface area contributed by atoms with Crippen molar-refractivity contribution in [1.82, 2.24) is 0 Å². The van der Waals surface area contributed by atoms with Gasteiger partial charge in [-0.25, -0.2) is 0 Å². The third-order valence-corrected chi connectivity index (χ3v) is 2.43. The summed E-state index contributed by atoms with van der Waals surface area (Å²) in [5.74, 6) is -0.188. The van der Waals surface area contributed by atoms with E-state index in [0.717, 1.165) is 18.4 Å². The van der Waals surface area contributed by atoms with Crippen LogP contribution in [0.5, 0.6) is 0 Å². The summed E-state index contributed by atoms with van der Waals surface area (Å²) in [6.07, 6.45) is 3.47. The highest BCUT2D eigenvalue weighted by molar-refractivity contribution is 5.71. The summed E-state index contributed by atoms with van der Waals surface area (Å²) in [6.45, 7) is 5.88.